The number of carbonyl (C=O) groups excluding carboxylic acids is 1. The minimum absolute atomic E-state index is 0.118. The molecule has 4 nitrogen and oxygen atoms in total. The molecule has 1 saturated heterocycles. The SMILES string of the molecule is O=C([C@@H]1C[C@H]1c1ccco1)N1CCC(Oc2ccccc2)CC1. The summed E-state index contributed by atoms with van der Waals surface area (Å²) >= 11 is 0. The number of ether oxygens (including phenoxy) is 1. The van der Waals surface area contributed by atoms with Crippen molar-refractivity contribution < 1.29 is 13.9 Å². The predicted molar refractivity (Wildman–Crippen MR) is 86.2 cm³/mol. The number of likely N-dealkylation sites (tertiary alicyclic amines) is 1. The lowest BCUT2D eigenvalue weighted by Gasteiger charge is -2.32. The van der Waals surface area contributed by atoms with Crippen LogP contribution in [0.25, 0.3) is 0 Å². The van der Waals surface area contributed by atoms with Crippen molar-refractivity contribution in [1.29, 1.82) is 0 Å². The fourth-order valence-corrected chi connectivity index (χ4v) is 3.40. The van der Waals surface area contributed by atoms with E-state index in [-0.39, 0.29) is 23.8 Å². The van der Waals surface area contributed by atoms with Crippen LogP contribution in [0.15, 0.2) is 53.1 Å². The van der Waals surface area contributed by atoms with Crippen LogP contribution < -0.4 is 4.74 Å². The quantitative estimate of drug-likeness (QED) is 0.868. The molecule has 2 aromatic rings. The maximum Gasteiger partial charge on any atom is 0.226 e. The van der Waals surface area contributed by atoms with Gasteiger partial charge in [-0.1, -0.05) is 18.2 Å². The molecule has 1 aromatic heterocycles. The summed E-state index contributed by atoms with van der Waals surface area (Å²) in [5.74, 6) is 2.55. The van der Waals surface area contributed by atoms with Crippen LogP contribution in [-0.2, 0) is 4.79 Å². The zero-order chi connectivity index (χ0) is 15.6. The van der Waals surface area contributed by atoms with Crippen molar-refractivity contribution in [1.82, 2.24) is 4.90 Å². The second kappa shape index (κ2) is 6.11. The average Bonchev–Trinajstić information content (AvgIpc) is 3.21. The first kappa shape index (κ1) is 14.4. The molecular weight excluding hydrogens is 290 g/mol. The maximum atomic E-state index is 12.6. The number of benzene rings is 1. The van der Waals surface area contributed by atoms with Gasteiger partial charge in [0.05, 0.1) is 6.26 Å². The van der Waals surface area contributed by atoms with E-state index in [1.165, 1.54) is 0 Å². The van der Waals surface area contributed by atoms with E-state index >= 15 is 0 Å². The van der Waals surface area contributed by atoms with Crippen LogP contribution in [0.3, 0.4) is 0 Å². The van der Waals surface area contributed by atoms with E-state index in [0.29, 0.717) is 0 Å². The Morgan fingerprint density at radius 2 is 1.87 bits per heavy atom. The second-order valence-corrected chi connectivity index (χ2v) is 6.42. The van der Waals surface area contributed by atoms with Crippen molar-refractivity contribution in [3.8, 4) is 5.75 Å². The van der Waals surface area contributed by atoms with E-state index in [9.17, 15) is 4.79 Å². The molecule has 0 spiro atoms. The van der Waals surface area contributed by atoms with Gasteiger partial charge in [-0.25, -0.2) is 0 Å². The molecule has 4 rings (SSSR count). The summed E-state index contributed by atoms with van der Waals surface area (Å²) in [4.78, 5) is 14.6. The molecule has 120 valence electrons. The molecule has 0 unspecified atom stereocenters. The summed E-state index contributed by atoms with van der Waals surface area (Å²) in [5, 5.41) is 0. The van der Waals surface area contributed by atoms with Crippen molar-refractivity contribution in [2.75, 3.05) is 13.1 Å². The second-order valence-electron chi connectivity index (χ2n) is 6.42. The molecule has 1 aliphatic carbocycles. The van der Waals surface area contributed by atoms with Crippen LogP contribution in [0.2, 0.25) is 0 Å². The molecule has 1 aliphatic heterocycles. The summed E-state index contributed by atoms with van der Waals surface area (Å²) in [5.41, 5.74) is 0. The largest absolute Gasteiger partial charge is 0.490 e. The van der Waals surface area contributed by atoms with Crippen LogP contribution in [0.5, 0.6) is 5.75 Å². The average molecular weight is 311 g/mol. The van der Waals surface area contributed by atoms with Crippen LogP contribution >= 0.6 is 0 Å². The highest BCUT2D eigenvalue weighted by Crippen LogP contribution is 2.48. The van der Waals surface area contributed by atoms with E-state index in [4.69, 9.17) is 9.15 Å². The topological polar surface area (TPSA) is 42.7 Å². The number of amides is 1. The van der Waals surface area contributed by atoms with Gasteiger partial charge in [0.2, 0.25) is 5.91 Å². The highest BCUT2D eigenvalue weighted by molar-refractivity contribution is 5.83. The molecule has 4 heteroatoms. The Kier molecular flexibility index (Phi) is 3.82. The molecule has 1 aromatic carbocycles. The van der Waals surface area contributed by atoms with Crippen molar-refractivity contribution in [2.45, 2.75) is 31.3 Å². The lowest BCUT2D eigenvalue weighted by atomic mass is 10.1. The Morgan fingerprint density at radius 1 is 1.09 bits per heavy atom. The minimum Gasteiger partial charge on any atom is -0.490 e. The van der Waals surface area contributed by atoms with Gasteiger partial charge >= 0.3 is 0 Å². The fourth-order valence-electron chi connectivity index (χ4n) is 3.40. The van der Waals surface area contributed by atoms with Crippen LogP contribution in [0.4, 0.5) is 0 Å². The number of para-hydroxylation sites is 1. The van der Waals surface area contributed by atoms with Gasteiger partial charge in [0.15, 0.2) is 0 Å². The zero-order valence-electron chi connectivity index (χ0n) is 13.1. The van der Waals surface area contributed by atoms with Crippen LogP contribution in [-0.4, -0.2) is 30.0 Å². The molecule has 2 heterocycles. The molecule has 0 radical (unpaired) electrons. The standard InChI is InChI=1S/C19H21NO3/c21-19(17-13-16(17)18-7-4-12-22-18)20-10-8-15(9-11-20)23-14-5-2-1-3-6-14/h1-7,12,15-17H,8-11,13H2/t16-,17-/m1/s1. The van der Waals surface area contributed by atoms with Crippen molar-refractivity contribution in [3.63, 3.8) is 0 Å². The Bertz CT molecular complexity index is 645. The van der Waals surface area contributed by atoms with Gasteiger partial charge in [-0.2, -0.15) is 0 Å². The van der Waals surface area contributed by atoms with Crippen LogP contribution in [0, 0.1) is 5.92 Å². The number of rotatable bonds is 4. The van der Waals surface area contributed by atoms with Gasteiger partial charge in [0.1, 0.15) is 17.6 Å². The molecule has 1 saturated carbocycles. The smallest absolute Gasteiger partial charge is 0.226 e. The van der Waals surface area contributed by atoms with E-state index in [2.05, 4.69) is 0 Å². The molecule has 0 N–H and O–H groups in total. The third-order valence-corrected chi connectivity index (χ3v) is 4.82. The Hall–Kier alpha value is -2.23. The van der Waals surface area contributed by atoms with E-state index in [1.807, 2.05) is 47.4 Å². The van der Waals surface area contributed by atoms with Crippen molar-refractivity contribution >= 4 is 5.91 Å². The van der Waals surface area contributed by atoms with Crippen molar-refractivity contribution in [3.05, 3.63) is 54.5 Å². The first-order valence-corrected chi connectivity index (χ1v) is 8.35. The number of piperidine rings is 1. The lowest BCUT2D eigenvalue weighted by Crippen LogP contribution is -2.42. The van der Waals surface area contributed by atoms with Crippen LogP contribution in [0.1, 0.15) is 30.9 Å². The predicted octanol–water partition coefficient (Wildman–Crippen LogP) is 3.45. The maximum absolute atomic E-state index is 12.6. The van der Waals surface area contributed by atoms with Crippen molar-refractivity contribution in [2.24, 2.45) is 5.92 Å². The van der Waals surface area contributed by atoms with Gasteiger partial charge in [-0.3, -0.25) is 4.79 Å². The molecular formula is C19H21NO3. The Labute approximate surface area is 136 Å². The zero-order valence-corrected chi connectivity index (χ0v) is 13.1. The molecule has 23 heavy (non-hydrogen) atoms. The number of carbonyl (C=O) groups is 1. The number of hydrogen-bond acceptors (Lipinski definition) is 3. The molecule has 2 atom stereocenters. The summed E-state index contributed by atoms with van der Waals surface area (Å²) in [6.45, 7) is 1.58. The third-order valence-electron chi connectivity index (χ3n) is 4.82. The molecule has 2 fully saturated rings. The fraction of sp³-hybridized carbons (Fsp3) is 0.421. The number of hydrogen-bond donors (Lipinski definition) is 0. The van der Waals surface area contributed by atoms with Gasteiger partial charge in [-0.05, 0) is 30.7 Å². The van der Waals surface area contributed by atoms with E-state index in [0.717, 1.165) is 43.9 Å². The first-order chi connectivity index (χ1) is 11.3. The normalized spacial score (nSPS) is 24.4. The molecule has 2 aliphatic rings. The summed E-state index contributed by atoms with van der Waals surface area (Å²) in [7, 11) is 0. The number of nitrogens with zero attached hydrogens (tertiary/aromatic N) is 1. The highest BCUT2D eigenvalue weighted by Gasteiger charge is 2.47. The summed E-state index contributed by atoms with van der Waals surface area (Å²) in [6.07, 6.45) is 4.62. The first-order valence-electron chi connectivity index (χ1n) is 8.35. The van der Waals surface area contributed by atoms with Gasteiger partial charge < -0.3 is 14.1 Å². The van der Waals surface area contributed by atoms with Gasteiger partial charge in [-0.15, -0.1) is 0 Å². The molecule has 1 amide bonds. The highest BCUT2D eigenvalue weighted by atomic mass is 16.5. The Balaban J connectivity index is 1.28. The van der Waals surface area contributed by atoms with Gasteiger partial charge in [0, 0.05) is 37.8 Å². The monoisotopic (exact) mass is 311 g/mol. The third kappa shape index (κ3) is 3.11. The summed E-state index contributed by atoms with van der Waals surface area (Å²) < 4.78 is 11.4. The van der Waals surface area contributed by atoms with E-state index < -0.39 is 0 Å². The van der Waals surface area contributed by atoms with Gasteiger partial charge in [0.25, 0.3) is 0 Å². The van der Waals surface area contributed by atoms with E-state index in [1.54, 1.807) is 6.26 Å². The lowest BCUT2D eigenvalue weighted by molar-refractivity contribution is -0.134. The summed E-state index contributed by atoms with van der Waals surface area (Å²) in [6, 6.07) is 13.8. The molecule has 0 bridgehead atoms. The number of furan rings is 1. The minimum atomic E-state index is 0.118. The Morgan fingerprint density at radius 3 is 2.57 bits per heavy atom.